The van der Waals surface area contributed by atoms with Crippen LogP contribution in [-0.4, -0.2) is 24.0 Å². The Morgan fingerprint density at radius 1 is 1.64 bits per heavy atom. The zero-order valence-electron chi connectivity index (χ0n) is 8.53. The van der Waals surface area contributed by atoms with E-state index in [1.807, 2.05) is 0 Å². The molecule has 1 aliphatic rings. The van der Waals surface area contributed by atoms with Gasteiger partial charge in [-0.15, -0.1) is 0 Å². The first-order valence-corrected chi connectivity index (χ1v) is 4.39. The van der Waals surface area contributed by atoms with Crippen molar-refractivity contribution in [3.8, 4) is 0 Å². The van der Waals surface area contributed by atoms with Crippen molar-refractivity contribution in [1.82, 2.24) is 0 Å². The summed E-state index contributed by atoms with van der Waals surface area (Å²) >= 11 is 0. The van der Waals surface area contributed by atoms with E-state index in [-0.39, 0.29) is 18.0 Å². The van der Waals surface area contributed by atoms with Crippen molar-refractivity contribution < 1.29 is 19.4 Å². The van der Waals surface area contributed by atoms with E-state index in [9.17, 15) is 14.7 Å². The number of carbonyl (C=O) groups excluding carboxylic acids is 2. The Morgan fingerprint density at radius 2 is 2.21 bits per heavy atom. The molecule has 0 radical (unpaired) electrons. The minimum Gasteiger partial charge on any atom is -0.511 e. The van der Waals surface area contributed by atoms with Crippen LogP contribution >= 0.6 is 0 Å². The first-order chi connectivity index (χ1) is 6.38. The number of carbonyl (C=O) groups is 2. The number of aliphatic hydroxyl groups is 1. The van der Waals surface area contributed by atoms with E-state index in [1.165, 1.54) is 7.11 Å². The lowest BCUT2D eigenvalue weighted by Crippen LogP contribution is -2.38. The third kappa shape index (κ3) is 1.78. The second-order valence-electron chi connectivity index (χ2n) is 4.16. The fourth-order valence-electron chi connectivity index (χ4n) is 1.81. The molecule has 0 aromatic rings. The lowest BCUT2D eigenvalue weighted by atomic mass is 9.71. The number of ketones is 1. The van der Waals surface area contributed by atoms with Crippen molar-refractivity contribution in [2.75, 3.05) is 7.11 Å². The van der Waals surface area contributed by atoms with Gasteiger partial charge < -0.3 is 9.84 Å². The van der Waals surface area contributed by atoms with Gasteiger partial charge in [-0.25, -0.2) is 0 Å². The van der Waals surface area contributed by atoms with Crippen LogP contribution in [-0.2, 0) is 14.3 Å². The number of allylic oxidation sites excluding steroid dienone is 1. The third-order valence-corrected chi connectivity index (χ3v) is 2.45. The topological polar surface area (TPSA) is 63.6 Å². The SMILES string of the molecule is COC(=O)[C@@H]1C(O)=CC(=O)CC1(C)C. The molecule has 0 spiro atoms. The largest absolute Gasteiger partial charge is 0.511 e. The summed E-state index contributed by atoms with van der Waals surface area (Å²) < 4.78 is 4.58. The molecule has 0 aliphatic heterocycles. The number of rotatable bonds is 1. The average molecular weight is 198 g/mol. The molecular weight excluding hydrogens is 184 g/mol. The van der Waals surface area contributed by atoms with Crippen LogP contribution in [0, 0.1) is 11.3 Å². The van der Waals surface area contributed by atoms with Crippen LogP contribution in [0.5, 0.6) is 0 Å². The maximum Gasteiger partial charge on any atom is 0.316 e. The van der Waals surface area contributed by atoms with Crippen molar-refractivity contribution in [3.63, 3.8) is 0 Å². The quantitative estimate of drug-likeness (QED) is 0.643. The molecule has 1 N–H and O–H groups in total. The van der Waals surface area contributed by atoms with E-state index in [0.29, 0.717) is 0 Å². The number of hydrogen-bond donors (Lipinski definition) is 1. The molecule has 0 heterocycles. The lowest BCUT2D eigenvalue weighted by Gasteiger charge is -2.33. The van der Waals surface area contributed by atoms with Crippen molar-refractivity contribution >= 4 is 11.8 Å². The molecule has 1 atom stereocenters. The summed E-state index contributed by atoms with van der Waals surface area (Å²) in [6.07, 6.45) is 1.35. The van der Waals surface area contributed by atoms with Crippen LogP contribution in [0.15, 0.2) is 11.8 Å². The molecule has 4 nitrogen and oxygen atoms in total. The lowest BCUT2D eigenvalue weighted by molar-refractivity contribution is -0.150. The molecule has 0 aromatic heterocycles. The summed E-state index contributed by atoms with van der Waals surface area (Å²) in [6, 6.07) is 0. The fraction of sp³-hybridized carbons (Fsp3) is 0.600. The van der Waals surface area contributed by atoms with Gasteiger partial charge in [-0.2, -0.15) is 0 Å². The van der Waals surface area contributed by atoms with Crippen molar-refractivity contribution in [1.29, 1.82) is 0 Å². The number of aliphatic hydroxyl groups excluding tert-OH is 1. The minimum absolute atomic E-state index is 0.160. The number of hydrogen-bond acceptors (Lipinski definition) is 4. The van der Waals surface area contributed by atoms with Crippen LogP contribution in [0.2, 0.25) is 0 Å². The molecule has 0 unspecified atom stereocenters. The first-order valence-electron chi connectivity index (χ1n) is 4.39. The second kappa shape index (κ2) is 3.44. The Balaban J connectivity index is 3.07. The second-order valence-corrected chi connectivity index (χ2v) is 4.16. The normalized spacial score (nSPS) is 25.5. The summed E-state index contributed by atoms with van der Waals surface area (Å²) in [4.78, 5) is 22.5. The number of ether oxygens (including phenoxy) is 1. The predicted octanol–water partition coefficient (Wildman–Crippen LogP) is 1.22. The minimum atomic E-state index is -0.731. The van der Waals surface area contributed by atoms with E-state index in [0.717, 1.165) is 6.08 Å². The van der Waals surface area contributed by atoms with Gasteiger partial charge in [-0.3, -0.25) is 9.59 Å². The van der Waals surface area contributed by atoms with Gasteiger partial charge in [0.2, 0.25) is 0 Å². The molecule has 14 heavy (non-hydrogen) atoms. The van der Waals surface area contributed by atoms with Crippen LogP contribution in [0.4, 0.5) is 0 Å². The van der Waals surface area contributed by atoms with Gasteiger partial charge in [0.1, 0.15) is 11.7 Å². The van der Waals surface area contributed by atoms with Gasteiger partial charge in [-0.1, -0.05) is 13.8 Å². The highest BCUT2D eigenvalue weighted by atomic mass is 16.5. The van der Waals surface area contributed by atoms with Crippen LogP contribution < -0.4 is 0 Å². The molecule has 1 aliphatic carbocycles. The Hall–Kier alpha value is -1.32. The number of methoxy groups -OCH3 is 1. The Kier molecular flexibility index (Phi) is 2.64. The molecule has 78 valence electrons. The molecule has 0 fully saturated rings. The summed E-state index contributed by atoms with van der Waals surface area (Å²) in [6.45, 7) is 3.52. The maximum absolute atomic E-state index is 11.4. The summed E-state index contributed by atoms with van der Waals surface area (Å²) in [5.74, 6) is -1.59. The molecule has 0 saturated carbocycles. The molecule has 4 heteroatoms. The standard InChI is InChI=1S/C10H14O4/c1-10(2)5-6(11)4-7(12)8(10)9(13)14-3/h4,8,12H,5H2,1-3H3/t8-/m0/s1. The fourth-order valence-corrected chi connectivity index (χ4v) is 1.81. The van der Waals surface area contributed by atoms with Crippen LogP contribution in [0.1, 0.15) is 20.3 Å². The van der Waals surface area contributed by atoms with Gasteiger partial charge >= 0.3 is 5.97 Å². The highest BCUT2D eigenvalue weighted by molar-refractivity contribution is 5.94. The predicted molar refractivity (Wildman–Crippen MR) is 49.6 cm³/mol. The van der Waals surface area contributed by atoms with Crippen LogP contribution in [0.25, 0.3) is 0 Å². The van der Waals surface area contributed by atoms with E-state index in [1.54, 1.807) is 13.8 Å². The average Bonchev–Trinajstić information content (AvgIpc) is 1.99. The van der Waals surface area contributed by atoms with Gasteiger partial charge in [-0.05, 0) is 5.41 Å². The molecule has 0 aromatic carbocycles. The Labute approximate surface area is 82.6 Å². The number of esters is 1. The molecule has 0 bridgehead atoms. The monoisotopic (exact) mass is 198 g/mol. The van der Waals surface area contributed by atoms with Gasteiger partial charge in [0.25, 0.3) is 0 Å². The van der Waals surface area contributed by atoms with Crippen molar-refractivity contribution in [3.05, 3.63) is 11.8 Å². The van der Waals surface area contributed by atoms with Gasteiger partial charge in [0.15, 0.2) is 5.78 Å². The zero-order valence-corrected chi connectivity index (χ0v) is 8.53. The Morgan fingerprint density at radius 3 is 2.64 bits per heavy atom. The van der Waals surface area contributed by atoms with Crippen molar-refractivity contribution in [2.24, 2.45) is 11.3 Å². The van der Waals surface area contributed by atoms with Crippen molar-refractivity contribution in [2.45, 2.75) is 20.3 Å². The first kappa shape index (κ1) is 10.8. The maximum atomic E-state index is 11.4. The molecule has 0 amide bonds. The highest BCUT2D eigenvalue weighted by Crippen LogP contribution is 2.39. The summed E-state index contributed by atoms with van der Waals surface area (Å²) in [5, 5.41) is 9.52. The Bertz CT molecular complexity index is 301. The summed E-state index contributed by atoms with van der Waals surface area (Å²) in [5.41, 5.74) is -0.580. The summed E-state index contributed by atoms with van der Waals surface area (Å²) in [7, 11) is 1.27. The third-order valence-electron chi connectivity index (χ3n) is 2.45. The molecule has 0 saturated heterocycles. The molecular formula is C10H14O4. The van der Waals surface area contributed by atoms with E-state index in [2.05, 4.69) is 4.74 Å². The van der Waals surface area contributed by atoms with Gasteiger partial charge in [0, 0.05) is 12.5 Å². The van der Waals surface area contributed by atoms with Gasteiger partial charge in [0.05, 0.1) is 7.11 Å². The van der Waals surface area contributed by atoms with Crippen LogP contribution in [0.3, 0.4) is 0 Å². The smallest absolute Gasteiger partial charge is 0.316 e. The van der Waals surface area contributed by atoms with E-state index < -0.39 is 17.3 Å². The highest BCUT2D eigenvalue weighted by Gasteiger charge is 2.43. The van der Waals surface area contributed by atoms with E-state index in [4.69, 9.17) is 0 Å². The zero-order chi connectivity index (χ0) is 10.9. The van der Waals surface area contributed by atoms with E-state index >= 15 is 0 Å². The molecule has 1 rings (SSSR count).